The summed E-state index contributed by atoms with van der Waals surface area (Å²) in [6.45, 7) is 4.89. The van der Waals surface area contributed by atoms with Gasteiger partial charge in [-0.1, -0.05) is 11.6 Å². The van der Waals surface area contributed by atoms with E-state index in [0.29, 0.717) is 36.6 Å². The molecule has 0 unspecified atom stereocenters. The number of pyridine rings is 1. The van der Waals surface area contributed by atoms with E-state index in [2.05, 4.69) is 25.2 Å². The van der Waals surface area contributed by atoms with Crippen molar-refractivity contribution in [1.29, 1.82) is 0 Å². The lowest BCUT2D eigenvalue weighted by molar-refractivity contribution is -0.116. The molecule has 0 spiro atoms. The summed E-state index contributed by atoms with van der Waals surface area (Å²) >= 11 is 6.19. The van der Waals surface area contributed by atoms with Gasteiger partial charge in [0, 0.05) is 35.7 Å². The Labute approximate surface area is 216 Å². The van der Waals surface area contributed by atoms with Crippen LogP contribution in [0.1, 0.15) is 56.2 Å². The lowest BCUT2D eigenvalue weighted by Crippen LogP contribution is -2.39. The monoisotopic (exact) mass is 509 g/mol. The number of fused-ring (bicyclic) bond motifs is 2. The molecule has 1 fully saturated rings. The molecule has 0 atom stereocenters. The first-order chi connectivity index (χ1) is 17.4. The molecule has 36 heavy (non-hydrogen) atoms. The smallest absolute Gasteiger partial charge is 0.224 e. The first kappa shape index (κ1) is 24.9. The molecule has 0 bridgehead atoms. The zero-order valence-electron chi connectivity index (χ0n) is 20.5. The summed E-state index contributed by atoms with van der Waals surface area (Å²) in [4.78, 5) is 28.1. The van der Waals surface area contributed by atoms with Gasteiger partial charge in [0.2, 0.25) is 5.91 Å². The normalized spacial score (nSPS) is 23.3. The van der Waals surface area contributed by atoms with Gasteiger partial charge in [0.05, 0.1) is 23.0 Å². The third-order valence-electron chi connectivity index (χ3n) is 7.05. The van der Waals surface area contributed by atoms with Crippen LogP contribution < -0.4 is 10.1 Å². The average molecular weight is 510 g/mol. The van der Waals surface area contributed by atoms with E-state index in [1.54, 1.807) is 12.5 Å². The van der Waals surface area contributed by atoms with E-state index >= 15 is 0 Å². The van der Waals surface area contributed by atoms with Crippen molar-refractivity contribution in [2.45, 2.75) is 57.0 Å². The van der Waals surface area contributed by atoms with Gasteiger partial charge in [-0.25, -0.2) is 15.0 Å². The fraction of sp³-hybridized carbons (Fsp3) is 0.481. The van der Waals surface area contributed by atoms with Crippen molar-refractivity contribution in [3.8, 4) is 5.75 Å². The first-order valence-electron chi connectivity index (χ1n) is 12.6. The summed E-state index contributed by atoms with van der Waals surface area (Å²) < 4.78 is 6.04. The maximum absolute atomic E-state index is 12.4. The van der Waals surface area contributed by atoms with Crippen molar-refractivity contribution in [2.24, 2.45) is 0 Å². The molecule has 1 amide bonds. The van der Waals surface area contributed by atoms with Crippen LogP contribution in [0.25, 0.3) is 11.0 Å². The second-order valence-corrected chi connectivity index (χ2v) is 10.6. The first-order valence-corrected chi connectivity index (χ1v) is 13.0. The van der Waals surface area contributed by atoms with E-state index in [1.807, 2.05) is 31.2 Å². The molecule has 190 valence electrons. The second-order valence-electron chi connectivity index (χ2n) is 10.1. The highest BCUT2D eigenvalue weighted by atomic mass is 35.5. The van der Waals surface area contributed by atoms with Crippen LogP contribution >= 0.6 is 11.6 Å². The molecule has 1 aromatic carbocycles. The number of carbonyl (C=O) groups is 1. The van der Waals surface area contributed by atoms with Gasteiger partial charge in [-0.05, 0) is 75.9 Å². The number of anilines is 1. The fourth-order valence-corrected chi connectivity index (χ4v) is 5.40. The van der Waals surface area contributed by atoms with Crippen LogP contribution in [0.4, 0.5) is 5.69 Å². The molecule has 2 N–H and O–H groups in total. The van der Waals surface area contributed by atoms with Crippen LogP contribution in [0.2, 0.25) is 5.02 Å². The van der Waals surface area contributed by atoms with E-state index in [0.717, 1.165) is 66.9 Å². The molecule has 0 radical (unpaired) electrons. The van der Waals surface area contributed by atoms with Crippen molar-refractivity contribution >= 4 is 34.2 Å². The van der Waals surface area contributed by atoms with Crippen molar-refractivity contribution in [3.63, 3.8) is 0 Å². The summed E-state index contributed by atoms with van der Waals surface area (Å²) in [6.07, 6.45) is 7.75. The SMILES string of the molecule is CC1(O)CC(c2ncnc3cc(OCCN4CCCC(=O)Nc5ccc(Cl)cc5CCC4)cnc23)C1. The van der Waals surface area contributed by atoms with Crippen LogP contribution in [0.15, 0.2) is 36.8 Å². The average Bonchev–Trinajstić information content (AvgIpc) is 2.86. The Balaban J connectivity index is 1.18. The van der Waals surface area contributed by atoms with Crippen molar-refractivity contribution in [2.75, 3.05) is 31.6 Å². The number of hydrogen-bond acceptors (Lipinski definition) is 7. The molecule has 8 nitrogen and oxygen atoms in total. The molecular weight excluding hydrogens is 478 g/mol. The Kier molecular flexibility index (Phi) is 7.37. The summed E-state index contributed by atoms with van der Waals surface area (Å²) in [5, 5.41) is 13.8. The number of amides is 1. The lowest BCUT2D eigenvalue weighted by atomic mass is 9.70. The number of carbonyl (C=O) groups excluding carboxylic acids is 1. The molecule has 1 saturated carbocycles. The van der Waals surface area contributed by atoms with Crippen molar-refractivity contribution < 1.29 is 14.6 Å². The number of aryl methyl sites for hydroxylation is 1. The zero-order chi connectivity index (χ0) is 25.1. The minimum absolute atomic E-state index is 0.0331. The van der Waals surface area contributed by atoms with Crippen LogP contribution in [-0.4, -0.2) is 62.7 Å². The molecule has 1 aliphatic heterocycles. The van der Waals surface area contributed by atoms with Crippen LogP contribution in [0.5, 0.6) is 5.75 Å². The predicted octanol–water partition coefficient (Wildman–Crippen LogP) is 4.35. The molecule has 0 saturated heterocycles. The van der Waals surface area contributed by atoms with Crippen molar-refractivity contribution in [3.05, 3.63) is 53.1 Å². The number of benzene rings is 1. The summed E-state index contributed by atoms with van der Waals surface area (Å²) in [7, 11) is 0. The molecule has 3 aromatic rings. The molecule has 5 rings (SSSR count). The number of ether oxygens (including phenoxy) is 1. The van der Waals surface area contributed by atoms with Gasteiger partial charge < -0.3 is 15.2 Å². The predicted molar refractivity (Wildman–Crippen MR) is 140 cm³/mol. The maximum Gasteiger partial charge on any atom is 0.224 e. The number of hydrogen-bond donors (Lipinski definition) is 2. The highest BCUT2D eigenvalue weighted by molar-refractivity contribution is 6.30. The highest BCUT2D eigenvalue weighted by Crippen LogP contribution is 2.45. The second kappa shape index (κ2) is 10.7. The number of halogens is 1. The zero-order valence-corrected chi connectivity index (χ0v) is 21.3. The Morgan fingerprint density at radius 1 is 1.17 bits per heavy atom. The van der Waals surface area contributed by atoms with Crippen molar-refractivity contribution in [1.82, 2.24) is 19.9 Å². The van der Waals surface area contributed by atoms with Gasteiger partial charge in [0.15, 0.2) is 0 Å². The van der Waals surface area contributed by atoms with Gasteiger partial charge in [-0.2, -0.15) is 0 Å². The maximum atomic E-state index is 12.4. The fourth-order valence-electron chi connectivity index (χ4n) is 5.21. The Morgan fingerprint density at radius 2 is 1.97 bits per heavy atom. The summed E-state index contributed by atoms with van der Waals surface area (Å²) in [6, 6.07) is 7.55. The molecular formula is C27H32ClN5O3. The minimum Gasteiger partial charge on any atom is -0.491 e. The molecule has 2 aliphatic rings. The van der Waals surface area contributed by atoms with Gasteiger partial charge in [-0.15, -0.1) is 0 Å². The van der Waals surface area contributed by atoms with Crippen LogP contribution in [0, 0.1) is 0 Å². The summed E-state index contributed by atoms with van der Waals surface area (Å²) in [5.74, 6) is 0.916. The third kappa shape index (κ3) is 5.94. The van der Waals surface area contributed by atoms with E-state index in [9.17, 15) is 9.90 Å². The Bertz CT molecular complexity index is 1240. The van der Waals surface area contributed by atoms with Crippen LogP contribution in [-0.2, 0) is 11.2 Å². The van der Waals surface area contributed by atoms with Gasteiger partial charge in [-0.3, -0.25) is 9.69 Å². The highest BCUT2D eigenvalue weighted by Gasteiger charge is 2.40. The minimum atomic E-state index is -0.616. The van der Waals surface area contributed by atoms with Crippen LogP contribution in [0.3, 0.4) is 0 Å². The van der Waals surface area contributed by atoms with E-state index in [4.69, 9.17) is 16.3 Å². The molecule has 1 aliphatic carbocycles. The molecule has 2 aromatic heterocycles. The number of aromatic nitrogens is 3. The van der Waals surface area contributed by atoms with Gasteiger partial charge >= 0.3 is 0 Å². The Hall–Kier alpha value is -2.81. The van der Waals surface area contributed by atoms with E-state index in [-0.39, 0.29) is 11.8 Å². The van der Waals surface area contributed by atoms with Gasteiger partial charge in [0.1, 0.15) is 24.2 Å². The number of rotatable bonds is 5. The number of nitrogens with one attached hydrogen (secondary N) is 1. The van der Waals surface area contributed by atoms with Gasteiger partial charge in [0.25, 0.3) is 0 Å². The standard InChI is InChI=1S/C27H32ClN5O3/c1-27(35)14-19(15-27)25-26-23(30-17-31-25)13-21(16-29-26)36-11-10-33-8-2-4-18-12-20(28)6-7-22(18)32-24(34)5-3-9-33/h6-7,12-13,16-17,19,35H,2-5,8-11,14-15H2,1H3,(H,32,34). The van der Waals surface area contributed by atoms with E-state index < -0.39 is 5.60 Å². The number of nitrogens with zero attached hydrogens (tertiary/aromatic N) is 4. The molecule has 9 heteroatoms. The lowest BCUT2D eigenvalue weighted by Gasteiger charge is -2.40. The van der Waals surface area contributed by atoms with E-state index in [1.165, 1.54) is 0 Å². The molecule has 3 heterocycles. The number of aliphatic hydroxyl groups is 1. The quantitative estimate of drug-likeness (QED) is 0.527. The summed E-state index contributed by atoms with van der Waals surface area (Å²) in [5.41, 5.74) is 3.74. The topological polar surface area (TPSA) is 100 Å². The Morgan fingerprint density at radius 3 is 2.78 bits per heavy atom. The largest absolute Gasteiger partial charge is 0.491 e. The third-order valence-corrected chi connectivity index (χ3v) is 7.29.